The molecule has 1 N–H and O–H groups in total. The molecule has 0 aromatic carbocycles. The topological polar surface area (TPSA) is 29.5 Å². The molecule has 1 rings (SSSR count). The molecule has 0 saturated heterocycles. The van der Waals surface area contributed by atoms with Gasteiger partial charge in [0.1, 0.15) is 0 Å². The monoisotopic (exact) mass is 144 g/mol. The molecule has 0 spiro atoms. The predicted octanol–water partition coefficient (Wildman–Crippen LogP) is 1.32. The van der Waals surface area contributed by atoms with Gasteiger partial charge in [-0.1, -0.05) is 0 Å². The Kier molecular flexibility index (Phi) is 2.69. The van der Waals surface area contributed by atoms with Gasteiger partial charge >= 0.3 is 0 Å². The normalized spacial score (nSPS) is 33.6. The summed E-state index contributed by atoms with van der Waals surface area (Å²) in [7, 11) is 0. The van der Waals surface area contributed by atoms with Gasteiger partial charge in [-0.15, -0.1) is 0 Å². The molecule has 1 aliphatic carbocycles. The minimum atomic E-state index is -0.206. The van der Waals surface area contributed by atoms with Gasteiger partial charge in [0.2, 0.25) is 0 Å². The van der Waals surface area contributed by atoms with Crippen LogP contribution in [-0.4, -0.2) is 23.4 Å². The van der Waals surface area contributed by atoms with Crippen LogP contribution in [0.4, 0.5) is 0 Å². The third-order valence-electron chi connectivity index (χ3n) is 1.86. The van der Waals surface area contributed by atoms with Crippen LogP contribution in [-0.2, 0) is 4.74 Å². The van der Waals surface area contributed by atoms with E-state index in [1.807, 2.05) is 13.8 Å². The Morgan fingerprint density at radius 2 is 2.10 bits per heavy atom. The first-order valence-corrected chi connectivity index (χ1v) is 4.03. The van der Waals surface area contributed by atoms with Crippen molar-refractivity contribution in [3.05, 3.63) is 0 Å². The van der Waals surface area contributed by atoms with Gasteiger partial charge in [0.05, 0.1) is 18.3 Å². The van der Waals surface area contributed by atoms with Crippen molar-refractivity contribution in [1.29, 1.82) is 0 Å². The summed E-state index contributed by atoms with van der Waals surface area (Å²) in [6, 6.07) is 0. The van der Waals surface area contributed by atoms with Crippen LogP contribution in [0.3, 0.4) is 0 Å². The predicted molar refractivity (Wildman–Crippen MR) is 39.9 cm³/mol. The van der Waals surface area contributed by atoms with Crippen molar-refractivity contribution in [2.24, 2.45) is 0 Å². The zero-order valence-electron chi connectivity index (χ0n) is 6.71. The number of hydrogen-bond donors (Lipinski definition) is 1. The summed E-state index contributed by atoms with van der Waals surface area (Å²) in [5, 5.41) is 9.31. The molecule has 10 heavy (non-hydrogen) atoms. The third kappa shape index (κ3) is 1.96. The Labute approximate surface area is 62.2 Å². The first-order chi connectivity index (χ1) is 4.70. The summed E-state index contributed by atoms with van der Waals surface area (Å²) in [6.45, 7) is 4.01. The van der Waals surface area contributed by atoms with Crippen LogP contribution in [0.2, 0.25) is 0 Å². The maximum Gasteiger partial charge on any atom is 0.0837 e. The van der Waals surface area contributed by atoms with E-state index >= 15 is 0 Å². The molecule has 2 nitrogen and oxygen atoms in total. The van der Waals surface area contributed by atoms with Crippen molar-refractivity contribution < 1.29 is 9.84 Å². The molecule has 2 heteroatoms. The molecule has 2 atom stereocenters. The van der Waals surface area contributed by atoms with Gasteiger partial charge in [0.25, 0.3) is 0 Å². The summed E-state index contributed by atoms with van der Waals surface area (Å²) < 4.78 is 5.47. The quantitative estimate of drug-likeness (QED) is 0.633. The number of aliphatic hydroxyl groups excluding tert-OH is 1. The summed E-state index contributed by atoms with van der Waals surface area (Å²) in [6.07, 6.45) is 3.20. The lowest BCUT2D eigenvalue weighted by Gasteiger charge is -2.17. The summed E-state index contributed by atoms with van der Waals surface area (Å²) in [4.78, 5) is 0. The Bertz CT molecular complexity index is 101. The van der Waals surface area contributed by atoms with Crippen LogP contribution in [0.1, 0.15) is 33.1 Å². The van der Waals surface area contributed by atoms with Gasteiger partial charge in [-0.2, -0.15) is 0 Å². The highest BCUT2D eigenvalue weighted by molar-refractivity contribution is 4.77. The van der Waals surface area contributed by atoms with Crippen molar-refractivity contribution in [3.63, 3.8) is 0 Å². The van der Waals surface area contributed by atoms with Crippen LogP contribution in [0.15, 0.2) is 0 Å². The first kappa shape index (κ1) is 8.02. The van der Waals surface area contributed by atoms with Crippen LogP contribution >= 0.6 is 0 Å². The zero-order valence-corrected chi connectivity index (χ0v) is 6.71. The van der Waals surface area contributed by atoms with Crippen LogP contribution in [0, 0.1) is 0 Å². The average Bonchev–Trinajstić information content (AvgIpc) is 2.15. The van der Waals surface area contributed by atoms with Crippen LogP contribution < -0.4 is 0 Å². The van der Waals surface area contributed by atoms with E-state index in [1.165, 1.54) is 0 Å². The molecule has 1 saturated carbocycles. The maximum atomic E-state index is 9.31. The van der Waals surface area contributed by atoms with E-state index in [4.69, 9.17) is 4.74 Å². The molecule has 2 unspecified atom stereocenters. The molecule has 0 radical (unpaired) electrons. The van der Waals surface area contributed by atoms with Gasteiger partial charge in [0, 0.05) is 0 Å². The zero-order chi connectivity index (χ0) is 7.56. The molecule has 0 amide bonds. The van der Waals surface area contributed by atoms with Crippen molar-refractivity contribution in [3.8, 4) is 0 Å². The smallest absolute Gasteiger partial charge is 0.0837 e. The van der Waals surface area contributed by atoms with Gasteiger partial charge in [-0.25, -0.2) is 0 Å². The van der Waals surface area contributed by atoms with E-state index in [9.17, 15) is 5.11 Å². The molecule has 0 aromatic heterocycles. The minimum absolute atomic E-state index is 0.111. The fourth-order valence-corrected chi connectivity index (χ4v) is 1.41. The first-order valence-electron chi connectivity index (χ1n) is 4.03. The minimum Gasteiger partial charge on any atom is -0.390 e. The average molecular weight is 144 g/mol. The van der Waals surface area contributed by atoms with E-state index in [0.29, 0.717) is 0 Å². The van der Waals surface area contributed by atoms with Gasteiger partial charge in [0.15, 0.2) is 0 Å². The second-order valence-electron chi connectivity index (χ2n) is 3.22. The van der Waals surface area contributed by atoms with Gasteiger partial charge < -0.3 is 9.84 Å². The number of hydrogen-bond acceptors (Lipinski definition) is 2. The molecular weight excluding hydrogens is 128 g/mol. The second kappa shape index (κ2) is 3.35. The summed E-state index contributed by atoms with van der Waals surface area (Å²) in [5.41, 5.74) is 0. The lowest BCUT2D eigenvalue weighted by atomic mass is 10.2. The molecule has 0 heterocycles. The van der Waals surface area contributed by atoms with Crippen LogP contribution in [0.5, 0.6) is 0 Å². The number of rotatable bonds is 2. The fourth-order valence-electron chi connectivity index (χ4n) is 1.41. The highest BCUT2D eigenvalue weighted by Gasteiger charge is 2.26. The van der Waals surface area contributed by atoms with Crippen molar-refractivity contribution >= 4 is 0 Å². The molecule has 1 fully saturated rings. The van der Waals surface area contributed by atoms with E-state index in [2.05, 4.69) is 0 Å². The van der Waals surface area contributed by atoms with Crippen molar-refractivity contribution in [2.75, 3.05) is 0 Å². The van der Waals surface area contributed by atoms with E-state index in [-0.39, 0.29) is 18.3 Å². The van der Waals surface area contributed by atoms with Gasteiger partial charge in [-0.3, -0.25) is 0 Å². The summed E-state index contributed by atoms with van der Waals surface area (Å²) in [5.74, 6) is 0. The lowest BCUT2D eigenvalue weighted by Crippen LogP contribution is -2.25. The van der Waals surface area contributed by atoms with Crippen LogP contribution in [0.25, 0.3) is 0 Å². The van der Waals surface area contributed by atoms with Gasteiger partial charge in [-0.05, 0) is 33.1 Å². The SMILES string of the molecule is CC(C)OC1CCCC1O. The molecule has 0 aromatic rings. The highest BCUT2D eigenvalue weighted by Crippen LogP contribution is 2.22. The Balaban J connectivity index is 2.26. The van der Waals surface area contributed by atoms with Crippen molar-refractivity contribution in [2.45, 2.75) is 51.4 Å². The van der Waals surface area contributed by atoms with E-state index in [0.717, 1.165) is 19.3 Å². The van der Waals surface area contributed by atoms with E-state index in [1.54, 1.807) is 0 Å². The Morgan fingerprint density at radius 3 is 2.50 bits per heavy atom. The number of aliphatic hydroxyl groups is 1. The molecule has 1 aliphatic rings. The lowest BCUT2D eigenvalue weighted by molar-refractivity contribution is -0.0481. The molecule has 0 bridgehead atoms. The highest BCUT2D eigenvalue weighted by atomic mass is 16.5. The largest absolute Gasteiger partial charge is 0.390 e. The maximum absolute atomic E-state index is 9.31. The molecule has 60 valence electrons. The Morgan fingerprint density at radius 1 is 1.40 bits per heavy atom. The second-order valence-corrected chi connectivity index (χ2v) is 3.22. The summed E-state index contributed by atoms with van der Waals surface area (Å²) >= 11 is 0. The Hall–Kier alpha value is -0.0800. The number of ether oxygens (including phenoxy) is 1. The molecular formula is C8H16O2. The third-order valence-corrected chi connectivity index (χ3v) is 1.86. The standard InChI is InChI=1S/C8H16O2/c1-6(2)10-8-5-3-4-7(8)9/h6-9H,3-5H2,1-2H3. The van der Waals surface area contributed by atoms with E-state index < -0.39 is 0 Å². The fraction of sp³-hybridized carbons (Fsp3) is 1.00. The molecule has 0 aliphatic heterocycles. The van der Waals surface area contributed by atoms with Crippen molar-refractivity contribution in [1.82, 2.24) is 0 Å².